The van der Waals surface area contributed by atoms with Crippen molar-refractivity contribution in [1.82, 2.24) is 0 Å². The first-order valence-corrected chi connectivity index (χ1v) is 4.41. The van der Waals surface area contributed by atoms with Gasteiger partial charge in [0.1, 0.15) is 5.54 Å². The van der Waals surface area contributed by atoms with Gasteiger partial charge in [-0.05, 0) is 18.9 Å². The largest absolute Gasteiger partial charge is 0.464 e. The molecule has 0 atom stereocenters. The van der Waals surface area contributed by atoms with E-state index < -0.39 is 5.97 Å². The second-order valence-electron chi connectivity index (χ2n) is 3.03. The maximum Gasteiger partial charge on any atom is 0.358 e. The number of esters is 1. The molecule has 13 heavy (non-hydrogen) atoms. The van der Waals surface area contributed by atoms with Crippen molar-refractivity contribution in [2.75, 3.05) is 7.11 Å². The monoisotopic (exact) mass is 182 g/mol. The summed E-state index contributed by atoms with van der Waals surface area (Å²) in [6.45, 7) is 4.05. The average molecular weight is 182 g/mol. The van der Waals surface area contributed by atoms with Crippen LogP contribution in [0.3, 0.4) is 0 Å². The Balaban J connectivity index is 2.85. The van der Waals surface area contributed by atoms with Crippen molar-refractivity contribution in [2.45, 2.75) is 32.2 Å². The van der Waals surface area contributed by atoms with Crippen LogP contribution in [0.4, 0.5) is 0 Å². The molecule has 0 spiro atoms. The summed E-state index contributed by atoms with van der Waals surface area (Å²) in [5, 5.41) is 7.90. The molecule has 0 aromatic heterocycles. The minimum Gasteiger partial charge on any atom is -0.464 e. The molecule has 0 N–H and O–H groups in total. The van der Waals surface area contributed by atoms with Gasteiger partial charge in [-0.25, -0.2) is 4.79 Å². The van der Waals surface area contributed by atoms with E-state index in [9.17, 15) is 4.79 Å². The molecule has 1 aliphatic heterocycles. The second kappa shape index (κ2) is 3.68. The van der Waals surface area contributed by atoms with Gasteiger partial charge in [-0.2, -0.15) is 5.11 Å². The number of carbonyl (C=O) groups is 1. The Morgan fingerprint density at radius 3 is 2.54 bits per heavy atom. The number of methoxy groups -OCH3 is 1. The molecule has 0 aromatic carbocycles. The van der Waals surface area contributed by atoms with Gasteiger partial charge in [0.05, 0.1) is 7.11 Å². The molecule has 0 aliphatic carbocycles. The molecule has 0 fully saturated rings. The van der Waals surface area contributed by atoms with Gasteiger partial charge in [-0.15, -0.1) is 5.11 Å². The summed E-state index contributed by atoms with van der Waals surface area (Å²) in [7, 11) is 1.34. The lowest BCUT2D eigenvalue weighted by atomic mass is 9.94. The third-order valence-corrected chi connectivity index (χ3v) is 2.38. The van der Waals surface area contributed by atoms with Crippen LogP contribution in [-0.2, 0) is 9.53 Å². The number of rotatable bonds is 3. The normalized spacial score (nSPS) is 18.5. The van der Waals surface area contributed by atoms with Gasteiger partial charge in [0.15, 0.2) is 5.70 Å². The van der Waals surface area contributed by atoms with Crippen molar-refractivity contribution in [1.29, 1.82) is 0 Å². The highest BCUT2D eigenvalue weighted by Gasteiger charge is 2.30. The summed E-state index contributed by atoms with van der Waals surface area (Å²) in [5.41, 5.74) is 0.0509. The highest BCUT2D eigenvalue weighted by Crippen LogP contribution is 2.30. The predicted octanol–water partition coefficient (Wildman–Crippen LogP) is 2.07. The van der Waals surface area contributed by atoms with Gasteiger partial charge >= 0.3 is 5.97 Å². The van der Waals surface area contributed by atoms with Crippen LogP contribution < -0.4 is 0 Å². The second-order valence-corrected chi connectivity index (χ2v) is 3.03. The van der Waals surface area contributed by atoms with Gasteiger partial charge in [0.2, 0.25) is 0 Å². The van der Waals surface area contributed by atoms with Crippen molar-refractivity contribution < 1.29 is 9.53 Å². The predicted molar refractivity (Wildman–Crippen MR) is 48.3 cm³/mol. The summed E-state index contributed by atoms with van der Waals surface area (Å²) < 4.78 is 4.56. The molecule has 0 saturated carbocycles. The third kappa shape index (κ3) is 1.76. The van der Waals surface area contributed by atoms with Crippen molar-refractivity contribution in [2.24, 2.45) is 10.2 Å². The van der Waals surface area contributed by atoms with E-state index in [-0.39, 0.29) is 5.54 Å². The zero-order chi connectivity index (χ0) is 9.90. The highest BCUT2D eigenvalue weighted by atomic mass is 16.5. The topological polar surface area (TPSA) is 51.0 Å². The molecule has 4 nitrogen and oxygen atoms in total. The summed E-state index contributed by atoms with van der Waals surface area (Å²) >= 11 is 0. The van der Waals surface area contributed by atoms with Crippen molar-refractivity contribution >= 4 is 5.97 Å². The van der Waals surface area contributed by atoms with Gasteiger partial charge in [0.25, 0.3) is 0 Å². The van der Waals surface area contributed by atoms with Crippen LogP contribution in [0.15, 0.2) is 22.0 Å². The van der Waals surface area contributed by atoms with Gasteiger partial charge in [0, 0.05) is 0 Å². The molecule has 0 bridgehead atoms. The summed E-state index contributed by atoms with van der Waals surface area (Å²) in [6.07, 6.45) is 3.50. The Bertz CT molecular complexity index is 265. The molecule has 0 unspecified atom stereocenters. The fourth-order valence-electron chi connectivity index (χ4n) is 1.27. The first-order valence-electron chi connectivity index (χ1n) is 4.41. The lowest BCUT2D eigenvalue weighted by molar-refractivity contribution is -0.136. The fourth-order valence-corrected chi connectivity index (χ4v) is 1.27. The van der Waals surface area contributed by atoms with E-state index in [2.05, 4.69) is 15.0 Å². The van der Waals surface area contributed by atoms with Crippen LogP contribution in [-0.4, -0.2) is 18.6 Å². The Morgan fingerprint density at radius 1 is 1.54 bits per heavy atom. The van der Waals surface area contributed by atoms with Crippen LogP contribution in [0, 0.1) is 0 Å². The van der Waals surface area contributed by atoms with Crippen molar-refractivity contribution in [3.05, 3.63) is 11.8 Å². The van der Waals surface area contributed by atoms with Crippen LogP contribution in [0.25, 0.3) is 0 Å². The molecule has 0 radical (unpaired) electrons. The van der Waals surface area contributed by atoms with E-state index in [0.717, 1.165) is 12.8 Å². The number of ether oxygens (including phenoxy) is 1. The lowest BCUT2D eigenvalue weighted by Crippen LogP contribution is -2.18. The molecule has 1 heterocycles. The Kier molecular flexibility index (Phi) is 2.80. The minimum absolute atomic E-state index is 0.274. The lowest BCUT2D eigenvalue weighted by Gasteiger charge is -2.16. The number of hydrogen-bond donors (Lipinski definition) is 0. The first kappa shape index (κ1) is 9.89. The standard InChI is InChI=1S/C9H14N2O2/c1-4-9(5-2)6-7(10-11-9)8(12)13-3/h6H,4-5H2,1-3H3. The maximum atomic E-state index is 11.1. The van der Waals surface area contributed by atoms with Gasteiger partial charge < -0.3 is 4.74 Å². The Labute approximate surface area is 77.7 Å². The molecular weight excluding hydrogens is 168 g/mol. The smallest absolute Gasteiger partial charge is 0.358 e. The Morgan fingerprint density at radius 2 is 2.15 bits per heavy atom. The van der Waals surface area contributed by atoms with Gasteiger partial charge in [-0.3, -0.25) is 0 Å². The zero-order valence-electron chi connectivity index (χ0n) is 8.20. The summed E-state index contributed by atoms with van der Waals surface area (Å²) in [4.78, 5) is 11.1. The SMILES string of the molecule is CCC1(CC)C=C(C(=O)OC)N=N1. The molecular formula is C9H14N2O2. The van der Waals surface area contributed by atoms with Gasteiger partial charge in [-0.1, -0.05) is 13.8 Å². The molecule has 0 saturated heterocycles. The van der Waals surface area contributed by atoms with Crippen LogP contribution >= 0.6 is 0 Å². The number of carbonyl (C=O) groups excluding carboxylic acids is 1. The molecule has 4 heteroatoms. The Hall–Kier alpha value is -1.19. The molecule has 1 aliphatic rings. The highest BCUT2D eigenvalue weighted by molar-refractivity contribution is 5.88. The molecule has 0 aromatic rings. The molecule has 1 rings (SSSR count). The van der Waals surface area contributed by atoms with E-state index in [0.29, 0.717) is 5.70 Å². The van der Waals surface area contributed by atoms with E-state index >= 15 is 0 Å². The molecule has 72 valence electrons. The van der Waals surface area contributed by atoms with Crippen LogP contribution in [0.1, 0.15) is 26.7 Å². The van der Waals surface area contributed by atoms with E-state index in [1.54, 1.807) is 6.08 Å². The van der Waals surface area contributed by atoms with Crippen LogP contribution in [0.2, 0.25) is 0 Å². The maximum absolute atomic E-state index is 11.1. The van der Waals surface area contributed by atoms with E-state index in [1.165, 1.54) is 7.11 Å². The summed E-state index contributed by atoms with van der Waals surface area (Å²) in [6, 6.07) is 0. The fraction of sp³-hybridized carbons (Fsp3) is 0.667. The number of nitrogens with zero attached hydrogens (tertiary/aromatic N) is 2. The average Bonchev–Trinajstić information content (AvgIpc) is 2.61. The van der Waals surface area contributed by atoms with Crippen LogP contribution in [0.5, 0.6) is 0 Å². The quantitative estimate of drug-likeness (QED) is 0.627. The van der Waals surface area contributed by atoms with E-state index in [1.807, 2.05) is 13.8 Å². The molecule has 0 amide bonds. The van der Waals surface area contributed by atoms with E-state index in [4.69, 9.17) is 0 Å². The van der Waals surface area contributed by atoms with Crippen molar-refractivity contribution in [3.63, 3.8) is 0 Å². The number of azo groups is 1. The summed E-state index contributed by atoms with van der Waals surface area (Å²) in [5.74, 6) is -0.410. The third-order valence-electron chi connectivity index (χ3n) is 2.38. The minimum atomic E-state index is -0.410. The number of hydrogen-bond acceptors (Lipinski definition) is 4. The van der Waals surface area contributed by atoms with Crippen molar-refractivity contribution in [3.8, 4) is 0 Å². The zero-order valence-corrected chi connectivity index (χ0v) is 8.20. The first-order chi connectivity index (χ1) is 6.17.